The maximum absolute atomic E-state index is 5.39. The van der Waals surface area contributed by atoms with Gasteiger partial charge in [0.05, 0.1) is 13.2 Å². The fourth-order valence-electron chi connectivity index (χ4n) is 2.81. The molecule has 3 heterocycles. The molecule has 2 aromatic heterocycles. The first-order valence-corrected chi connectivity index (χ1v) is 8.76. The lowest BCUT2D eigenvalue weighted by molar-refractivity contribution is 0.207. The normalized spacial score (nSPS) is 18.4. The summed E-state index contributed by atoms with van der Waals surface area (Å²) in [4.78, 5) is 4.65. The molecular formula is C15H22N6OS. The van der Waals surface area contributed by atoms with Crippen LogP contribution in [0.15, 0.2) is 18.3 Å². The summed E-state index contributed by atoms with van der Waals surface area (Å²) in [6.45, 7) is 5.38. The first-order valence-electron chi connectivity index (χ1n) is 7.94. The van der Waals surface area contributed by atoms with E-state index >= 15 is 0 Å². The maximum Gasteiger partial charge on any atom is 0.294 e. The number of nitrogens with zero attached hydrogens (tertiary/aromatic N) is 6. The van der Waals surface area contributed by atoms with E-state index in [1.165, 1.54) is 17.8 Å². The third kappa shape index (κ3) is 4.14. The molecule has 0 radical (unpaired) electrons. The zero-order valence-corrected chi connectivity index (χ0v) is 14.4. The fraction of sp³-hybridized carbons (Fsp3) is 0.600. The van der Waals surface area contributed by atoms with Gasteiger partial charge in [-0.15, -0.1) is 15.3 Å². The largest absolute Gasteiger partial charge is 0.469 e. The van der Waals surface area contributed by atoms with Crippen LogP contribution in [0.4, 0.5) is 5.82 Å². The Morgan fingerprint density at radius 2 is 2.30 bits per heavy atom. The minimum Gasteiger partial charge on any atom is -0.469 e. The third-order valence-electron chi connectivity index (χ3n) is 4.00. The molecule has 124 valence electrons. The number of anilines is 1. The Hall–Kier alpha value is -1.80. The van der Waals surface area contributed by atoms with Gasteiger partial charge in [-0.1, -0.05) is 11.3 Å². The van der Waals surface area contributed by atoms with Gasteiger partial charge >= 0.3 is 0 Å². The third-order valence-corrected chi connectivity index (χ3v) is 4.82. The summed E-state index contributed by atoms with van der Waals surface area (Å²) in [5.74, 6) is 0.958. The van der Waals surface area contributed by atoms with E-state index in [0.717, 1.165) is 36.9 Å². The molecule has 0 amide bonds. The highest BCUT2D eigenvalue weighted by Gasteiger charge is 2.25. The van der Waals surface area contributed by atoms with Crippen LogP contribution in [0.1, 0.15) is 24.8 Å². The Balaban J connectivity index is 1.59. The number of rotatable bonds is 6. The van der Waals surface area contributed by atoms with Crippen LogP contribution >= 0.6 is 11.3 Å². The first-order chi connectivity index (χ1) is 11.3. The van der Waals surface area contributed by atoms with Crippen LogP contribution < -0.4 is 9.64 Å². The molecule has 0 aromatic carbocycles. The number of hydrogen-bond acceptors (Lipinski definition) is 8. The van der Waals surface area contributed by atoms with E-state index < -0.39 is 0 Å². The van der Waals surface area contributed by atoms with Crippen molar-refractivity contribution in [3.05, 3.63) is 23.3 Å². The van der Waals surface area contributed by atoms with E-state index in [1.807, 2.05) is 19.1 Å². The van der Waals surface area contributed by atoms with Crippen molar-refractivity contribution in [1.29, 1.82) is 0 Å². The molecule has 0 saturated carbocycles. The van der Waals surface area contributed by atoms with E-state index in [0.29, 0.717) is 17.8 Å². The molecule has 7 nitrogen and oxygen atoms in total. The van der Waals surface area contributed by atoms with Crippen molar-refractivity contribution >= 4 is 17.2 Å². The second-order valence-corrected chi connectivity index (χ2v) is 6.66. The van der Waals surface area contributed by atoms with Gasteiger partial charge in [0.25, 0.3) is 5.19 Å². The van der Waals surface area contributed by atoms with E-state index in [2.05, 4.69) is 37.2 Å². The van der Waals surface area contributed by atoms with Gasteiger partial charge in [0.15, 0.2) is 5.82 Å². The van der Waals surface area contributed by atoms with Gasteiger partial charge in [0, 0.05) is 25.3 Å². The Bertz CT molecular complexity index is 607. The van der Waals surface area contributed by atoms with Gasteiger partial charge in [-0.25, -0.2) is 0 Å². The summed E-state index contributed by atoms with van der Waals surface area (Å²) in [5.41, 5.74) is 0. The van der Waals surface area contributed by atoms with Gasteiger partial charge in [-0.05, 0) is 38.9 Å². The van der Waals surface area contributed by atoms with Crippen molar-refractivity contribution in [3.63, 3.8) is 0 Å². The molecule has 0 aliphatic carbocycles. The highest BCUT2D eigenvalue weighted by Crippen LogP contribution is 2.23. The summed E-state index contributed by atoms with van der Waals surface area (Å²) in [6.07, 6.45) is 4.05. The van der Waals surface area contributed by atoms with E-state index in [1.54, 1.807) is 6.20 Å². The Morgan fingerprint density at radius 3 is 3.09 bits per heavy atom. The van der Waals surface area contributed by atoms with Crippen molar-refractivity contribution in [2.24, 2.45) is 0 Å². The second kappa shape index (κ2) is 7.65. The molecule has 1 saturated heterocycles. The molecule has 1 aliphatic heterocycles. The molecule has 1 fully saturated rings. The lowest BCUT2D eigenvalue weighted by Gasteiger charge is -2.37. The molecule has 1 atom stereocenters. The average molecular weight is 334 g/mol. The zero-order valence-electron chi connectivity index (χ0n) is 13.6. The van der Waals surface area contributed by atoms with Gasteiger partial charge in [0.2, 0.25) is 0 Å². The Kier molecular flexibility index (Phi) is 5.35. The smallest absolute Gasteiger partial charge is 0.294 e. The van der Waals surface area contributed by atoms with E-state index in [9.17, 15) is 0 Å². The number of hydrogen-bond donors (Lipinski definition) is 0. The molecule has 0 unspecified atom stereocenters. The summed E-state index contributed by atoms with van der Waals surface area (Å²) in [5, 5.41) is 18.1. The highest BCUT2D eigenvalue weighted by molar-refractivity contribution is 7.13. The van der Waals surface area contributed by atoms with Crippen molar-refractivity contribution in [3.8, 4) is 5.19 Å². The topological polar surface area (TPSA) is 67.3 Å². The predicted molar refractivity (Wildman–Crippen MR) is 89.8 cm³/mol. The highest BCUT2D eigenvalue weighted by atomic mass is 32.1. The quantitative estimate of drug-likeness (QED) is 0.798. The predicted octanol–water partition coefficient (Wildman–Crippen LogP) is 1.83. The molecule has 2 aromatic rings. The molecule has 1 aliphatic rings. The summed E-state index contributed by atoms with van der Waals surface area (Å²) >= 11 is 1.52. The lowest BCUT2D eigenvalue weighted by Crippen LogP contribution is -2.46. The molecular weight excluding hydrogens is 312 g/mol. The number of aromatic nitrogens is 4. The lowest BCUT2D eigenvalue weighted by atomic mass is 10.0. The van der Waals surface area contributed by atoms with Gasteiger partial charge < -0.3 is 9.64 Å². The van der Waals surface area contributed by atoms with Crippen LogP contribution in [0, 0.1) is 0 Å². The number of likely N-dealkylation sites (N-methyl/N-ethyl adjacent to an activating group) is 1. The van der Waals surface area contributed by atoms with Crippen LogP contribution in [0.5, 0.6) is 5.19 Å². The monoisotopic (exact) mass is 334 g/mol. The summed E-state index contributed by atoms with van der Waals surface area (Å²) < 4.78 is 5.39. The van der Waals surface area contributed by atoms with Gasteiger partial charge in [-0.3, -0.25) is 4.90 Å². The van der Waals surface area contributed by atoms with Crippen LogP contribution in [0.2, 0.25) is 0 Å². The molecule has 3 rings (SSSR count). The average Bonchev–Trinajstić information content (AvgIpc) is 3.03. The van der Waals surface area contributed by atoms with Crippen LogP contribution in [0.3, 0.4) is 0 Å². The van der Waals surface area contributed by atoms with E-state index in [-0.39, 0.29) is 0 Å². The number of piperidine rings is 1. The summed E-state index contributed by atoms with van der Waals surface area (Å²) in [6, 6.07) is 4.44. The zero-order chi connectivity index (χ0) is 16.1. The van der Waals surface area contributed by atoms with Crippen LogP contribution in [-0.4, -0.2) is 58.1 Å². The summed E-state index contributed by atoms with van der Waals surface area (Å²) in [7, 11) is 2.15. The molecule has 0 bridgehead atoms. The Labute approximate surface area is 140 Å². The Morgan fingerprint density at radius 1 is 1.39 bits per heavy atom. The number of ether oxygens (including phenoxy) is 1. The maximum atomic E-state index is 5.39. The standard InChI is InChI=1S/C15H22N6OS/c1-3-22-15-19-18-14(23-15)11-20(2)12-6-5-9-21(10-12)13-7-4-8-16-17-13/h4,7-8,12H,3,5-6,9-11H2,1-2H3/t12-/m1/s1. The second-order valence-electron chi connectivity index (χ2n) is 5.63. The first kappa shape index (κ1) is 16.1. The fourth-order valence-corrected chi connectivity index (χ4v) is 3.62. The van der Waals surface area contributed by atoms with Crippen molar-refractivity contribution < 1.29 is 4.74 Å². The van der Waals surface area contributed by atoms with Crippen LogP contribution in [-0.2, 0) is 6.54 Å². The van der Waals surface area contributed by atoms with Gasteiger partial charge in [-0.2, -0.15) is 5.10 Å². The SMILES string of the molecule is CCOc1nnc(CN(C)[C@@H]2CCCN(c3cccnn3)C2)s1. The molecule has 23 heavy (non-hydrogen) atoms. The van der Waals surface area contributed by atoms with Crippen molar-refractivity contribution in [2.45, 2.75) is 32.4 Å². The van der Waals surface area contributed by atoms with E-state index in [4.69, 9.17) is 4.74 Å². The molecule has 0 N–H and O–H groups in total. The van der Waals surface area contributed by atoms with Crippen LogP contribution in [0.25, 0.3) is 0 Å². The minimum atomic E-state index is 0.477. The van der Waals surface area contributed by atoms with Crippen molar-refractivity contribution in [2.75, 3.05) is 31.6 Å². The van der Waals surface area contributed by atoms with Crippen molar-refractivity contribution in [1.82, 2.24) is 25.3 Å². The minimum absolute atomic E-state index is 0.477. The van der Waals surface area contributed by atoms with Gasteiger partial charge in [0.1, 0.15) is 5.01 Å². The molecule has 8 heteroatoms. The molecule has 0 spiro atoms.